The van der Waals surface area contributed by atoms with Crippen LogP contribution >= 0.6 is 0 Å². The maximum Gasteiger partial charge on any atom is 0.181 e. The van der Waals surface area contributed by atoms with E-state index in [1.54, 1.807) is 0 Å². The molecule has 0 saturated heterocycles. The number of nitrogens with one attached hydrogen (secondary N) is 1. The Labute approximate surface area is 94.9 Å². The lowest BCUT2D eigenvalue weighted by Gasteiger charge is -2.03. The van der Waals surface area contributed by atoms with Crippen molar-refractivity contribution in [2.75, 3.05) is 6.54 Å². The minimum atomic E-state index is 0.427. The molecular formula is C12H16N4. The van der Waals surface area contributed by atoms with Crippen molar-refractivity contribution in [1.82, 2.24) is 15.2 Å². The fourth-order valence-corrected chi connectivity index (χ4v) is 1.52. The van der Waals surface area contributed by atoms with Crippen molar-refractivity contribution in [3.63, 3.8) is 0 Å². The number of rotatable bonds is 4. The zero-order chi connectivity index (χ0) is 11.4. The predicted octanol–water partition coefficient (Wildman–Crippen LogP) is 1.61. The lowest BCUT2D eigenvalue weighted by Crippen LogP contribution is -2.13. The Morgan fingerprint density at radius 2 is 2.06 bits per heavy atom. The molecular weight excluding hydrogens is 200 g/mol. The molecule has 2 aromatic rings. The second-order valence-electron chi connectivity index (χ2n) is 4.02. The average molecular weight is 216 g/mol. The van der Waals surface area contributed by atoms with Crippen molar-refractivity contribution in [3.8, 4) is 11.4 Å². The molecule has 1 atom stereocenters. The van der Waals surface area contributed by atoms with Gasteiger partial charge in [0.1, 0.15) is 5.82 Å². The number of benzene rings is 1. The molecule has 1 heterocycles. The van der Waals surface area contributed by atoms with Gasteiger partial charge in [-0.2, -0.15) is 5.10 Å². The van der Waals surface area contributed by atoms with Crippen LogP contribution in [0.3, 0.4) is 0 Å². The molecule has 1 unspecified atom stereocenters. The molecule has 0 bridgehead atoms. The third-order valence-corrected chi connectivity index (χ3v) is 2.51. The summed E-state index contributed by atoms with van der Waals surface area (Å²) in [4.78, 5) is 4.45. The topological polar surface area (TPSA) is 67.6 Å². The van der Waals surface area contributed by atoms with Crippen molar-refractivity contribution < 1.29 is 0 Å². The number of nitrogens with zero attached hydrogens (tertiary/aromatic N) is 2. The highest BCUT2D eigenvalue weighted by Crippen LogP contribution is 2.14. The third kappa shape index (κ3) is 2.46. The number of hydrogen-bond donors (Lipinski definition) is 2. The van der Waals surface area contributed by atoms with Crippen LogP contribution in [0, 0.1) is 5.92 Å². The Hall–Kier alpha value is -1.68. The molecule has 0 fully saturated rings. The molecule has 3 N–H and O–H groups in total. The van der Waals surface area contributed by atoms with Crippen LogP contribution in [0.1, 0.15) is 12.7 Å². The van der Waals surface area contributed by atoms with E-state index in [-0.39, 0.29) is 0 Å². The molecule has 0 radical (unpaired) electrons. The maximum atomic E-state index is 5.58. The summed E-state index contributed by atoms with van der Waals surface area (Å²) >= 11 is 0. The molecule has 0 amide bonds. The van der Waals surface area contributed by atoms with E-state index in [4.69, 9.17) is 5.73 Å². The summed E-state index contributed by atoms with van der Waals surface area (Å²) in [6.07, 6.45) is 0.844. The van der Waals surface area contributed by atoms with E-state index >= 15 is 0 Å². The monoisotopic (exact) mass is 216 g/mol. The highest BCUT2D eigenvalue weighted by molar-refractivity contribution is 5.53. The molecule has 1 aromatic heterocycles. The first-order chi connectivity index (χ1) is 7.79. The largest absolute Gasteiger partial charge is 0.330 e. The molecule has 0 aliphatic rings. The van der Waals surface area contributed by atoms with Crippen LogP contribution in [-0.2, 0) is 6.42 Å². The first-order valence-electron chi connectivity index (χ1n) is 5.46. The van der Waals surface area contributed by atoms with Gasteiger partial charge < -0.3 is 5.73 Å². The summed E-state index contributed by atoms with van der Waals surface area (Å²) < 4.78 is 0. The lowest BCUT2D eigenvalue weighted by atomic mass is 10.1. The van der Waals surface area contributed by atoms with E-state index in [0.717, 1.165) is 23.6 Å². The molecule has 4 nitrogen and oxygen atoms in total. The summed E-state index contributed by atoms with van der Waals surface area (Å²) in [7, 11) is 0. The summed E-state index contributed by atoms with van der Waals surface area (Å²) in [6, 6.07) is 9.94. The van der Waals surface area contributed by atoms with Gasteiger partial charge in [-0.05, 0) is 12.5 Å². The zero-order valence-electron chi connectivity index (χ0n) is 9.35. The molecule has 2 rings (SSSR count). The molecule has 0 aliphatic carbocycles. The Kier molecular flexibility index (Phi) is 3.31. The van der Waals surface area contributed by atoms with Crippen LogP contribution in [0.25, 0.3) is 11.4 Å². The van der Waals surface area contributed by atoms with Crippen LogP contribution in [0.2, 0.25) is 0 Å². The highest BCUT2D eigenvalue weighted by atomic mass is 15.2. The zero-order valence-corrected chi connectivity index (χ0v) is 9.35. The van der Waals surface area contributed by atoms with E-state index in [9.17, 15) is 0 Å². The summed E-state index contributed by atoms with van der Waals surface area (Å²) in [5.74, 6) is 2.08. The van der Waals surface area contributed by atoms with Gasteiger partial charge in [-0.25, -0.2) is 4.98 Å². The second-order valence-corrected chi connectivity index (χ2v) is 4.02. The number of hydrogen-bond acceptors (Lipinski definition) is 3. The number of aromatic nitrogens is 3. The van der Waals surface area contributed by atoms with Crippen molar-refractivity contribution >= 4 is 0 Å². The average Bonchev–Trinajstić information content (AvgIpc) is 2.78. The Morgan fingerprint density at radius 3 is 2.75 bits per heavy atom. The van der Waals surface area contributed by atoms with E-state index in [0.29, 0.717) is 12.5 Å². The quantitative estimate of drug-likeness (QED) is 0.815. The van der Waals surface area contributed by atoms with Crippen molar-refractivity contribution in [2.45, 2.75) is 13.3 Å². The fourth-order valence-electron chi connectivity index (χ4n) is 1.52. The molecule has 16 heavy (non-hydrogen) atoms. The van der Waals surface area contributed by atoms with Gasteiger partial charge in [0.15, 0.2) is 5.82 Å². The Morgan fingerprint density at radius 1 is 1.31 bits per heavy atom. The van der Waals surface area contributed by atoms with Gasteiger partial charge in [-0.15, -0.1) is 0 Å². The molecule has 0 saturated carbocycles. The molecule has 0 aliphatic heterocycles. The third-order valence-electron chi connectivity index (χ3n) is 2.51. The van der Waals surface area contributed by atoms with Gasteiger partial charge in [-0.1, -0.05) is 37.3 Å². The van der Waals surface area contributed by atoms with Gasteiger partial charge in [0, 0.05) is 12.0 Å². The minimum absolute atomic E-state index is 0.427. The van der Waals surface area contributed by atoms with Crippen molar-refractivity contribution in [1.29, 1.82) is 0 Å². The second kappa shape index (κ2) is 4.90. The first-order valence-corrected chi connectivity index (χ1v) is 5.46. The SMILES string of the molecule is CC(CN)Cc1nc(-c2ccccc2)n[nH]1. The summed E-state index contributed by atoms with van der Waals surface area (Å²) in [5.41, 5.74) is 6.61. The smallest absolute Gasteiger partial charge is 0.181 e. The highest BCUT2D eigenvalue weighted by Gasteiger charge is 2.07. The number of aromatic amines is 1. The van der Waals surface area contributed by atoms with Crippen LogP contribution in [-0.4, -0.2) is 21.7 Å². The normalized spacial score (nSPS) is 12.6. The van der Waals surface area contributed by atoms with Crippen LogP contribution in [0.4, 0.5) is 0 Å². The van der Waals surface area contributed by atoms with Crippen LogP contribution < -0.4 is 5.73 Å². The van der Waals surface area contributed by atoms with E-state index in [1.165, 1.54) is 0 Å². The first kappa shape index (κ1) is 10.8. The molecule has 0 spiro atoms. The minimum Gasteiger partial charge on any atom is -0.330 e. The van der Waals surface area contributed by atoms with Crippen molar-refractivity contribution in [3.05, 3.63) is 36.2 Å². The summed E-state index contributed by atoms with van der Waals surface area (Å²) in [6.45, 7) is 2.77. The predicted molar refractivity (Wildman–Crippen MR) is 63.7 cm³/mol. The lowest BCUT2D eigenvalue weighted by molar-refractivity contribution is 0.575. The van der Waals surface area contributed by atoms with E-state index in [2.05, 4.69) is 22.1 Å². The van der Waals surface area contributed by atoms with Crippen LogP contribution in [0.15, 0.2) is 30.3 Å². The molecule has 84 valence electrons. The molecule has 1 aromatic carbocycles. The fraction of sp³-hybridized carbons (Fsp3) is 0.333. The van der Waals surface area contributed by atoms with Gasteiger partial charge in [0.05, 0.1) is 0 Å². The molecule has 4 heteroatoms. The van der Waals surface area contributed by atoms with Crippen LogP contribution in [0.5, 0.6) is 0 Å². The number of nitrogens with two attached hydrogens (primary N) is 1. The number of H-pyrrole nitrogens is 1. The van der Waals surface area contributed by atoms with Gasteiger partial charge in [-0.3, -0.25) is 5.10 Å². The van der Waals surface area contributed by atoms with E-state index in [1.807, 2.05) is 30.3 Å². The summed E-state index contributed by atoms with van der Waals surface area (Å²) in [5, 5.41) is 7.15. The van der Waals surface area contributed by atoms with Crippen molar-refractivity contribution in [2.24, 2.45) is 11.7 Å². The van der Waals surface area contributed by atoms with Gasteiger partial charge in [0.2, 0.25) is 0 Å². The van der Waals surface area contributed by atoms with Gasteiger partial charge in [0.25, 0.3) is 0 Å². The Balaban J connectivity index is 2.14. The van der Waals surface area contributed by atoms with Gasteiger partial charge >= 0.3 is 0 Å². The standard InChI is InChI=1S/C12H16N4/c1-9(8-13)7-11-14-12(16-15-11)10-5-3-2-4-6-10/h2-6,9H,7-8,13H2,1H3,(H,14,15,16). The van der Waals surface area contributed by atoms with E-state index < -0.39 is 0 Å². The maximum absolute atomic E-state index is 5.58. The Bertz CT molecular complexity index is 435.